The van der Waals surface area contributed by atoms with E-state index in [4.69, 9.17) is 9.90 Å². The van der Waals surface area contributed by atoms with Crippen LogP contribution in [-0.2, 0) is 23.1 Å². The number of alkyl halides is 3. The minimum absolute atomic E-state index is 0.0451. The number of likely N-dealkylation sites (tertiary alicyclic amines) is 1. The molecule has 3 rings (SSSR count). The zero-order valence-electron chi connectivity index (χ0n) is 20.3. The Bertz CT molecular complexity index is 1120. The summed E-state index contributed by atoms with van der Waals surface area (Å²) in [7, 11) is 1.79. The second-order valence-electron chi connectivity index (χ2n) is 8.85. The van der Waals surface area contributed by atoms with Gasteiger partial charge in [0.25, 0.3) is 5.56 Å². The van der Waals surface area contributed by atoms with Crippen molar-refractivity contribution in [3.63, 3.8) is 0 Å². The SMILES string of the molecule is CC(C)c1cc(=O)[nH]c(CCCC(=O)N2CCC(C(=O)c3cnn(C)c3)CC2)n1.O=C(O)C(F)(F)F. The first-order valence-corrected chi connectivity index (χ1v) is 11.5. The van der Waals surface area contributed by atoms with Gasteiger partial charge in [0.05, 0.1) is 17.5 Å². The van der Waals surface area contributed by atoms with E-state index in [1.54, 1.807) is 24.1 Å². The molecule has 0 bridgehead atoms. The number of carbonyl (C=O) groups excluding carboxylic acids is 2. The molecule has 13 heteroatoms. The number of carbonyl (C=O) groups is 3. The van der Waals surface area contributed by atoms with E-state index in [2.05, 4.69) is 15.1 Å². The van der Waals surface area contributed by atoms with Crippen LogP contribution in [0.4, 0.5) is 13.2 Å². The maximum Gasteiger partial charge on any atom is 0.490 e. The summed E-state index contributed by atoms with van der Waals surface area (Å²) in [6, 6.07) is 1.52. The highest BCUT2D eigenvalue weighted by atomic mass is 19.4. The number of Topliss-reactive ketones (excluding diaryl/α,β-unsaturated/α-hetero) is 1. The number of aliphatic carboxylic acids is 1. The standard InChI is InChI=1S/C21H29N5O3.C2HF3O2/c1-14(2)17-11-19(27)24-18(23-17)5-4-6-20(28)26-9-7-15(8-10-26)21(29)16-12-22-25(3)13-16;3-2(4,5)1(6)7/h11-15H,4-10H2,1-3H3,(H,23,24,27);(H,6,7). The summed E-state index contributed by atoms with van der Waals surface area (Å²) in [6.45, 7) is 5.20. The van der Waals surface area contributed by atoms with E-state index >= 15 is 0 Å². The van der Waals surface area contributed by atoms with E-state index in [-0.39, 0.29) is 29.1 Å². The van der Waals surface area contributed by atoms with Crippen LogP contribution in [0.25, 0.3) is 0 Å². The molecule has 3 heterocycles. The van der Waals surface area contributed by atoms with Crippen LogP contribution < -0.4 is 5.56 Å². The van der Waals surface area contributed by atoms with Gasteiger partial charge in [0.1, 0.15) is 5.82 Å². The summed E-state index contributed by atoms with van der Waals surface area (Å²) >= 11 is 0. The Kier molecular flexibility index (Phi) is 9.93. The van der Waals surface area contributed by atoms with Gasteiger partial charge in [-0.05, 0) is 25.2 Å². The lowest BCUT2D eigenvalue weighted by Gasteiger charge is -2.31. The Labute approximate surface area is 205 Å². The Hall–Kier alpha value is -3.51. The highest BCUT2D eigenvalue weighted by Gasteiger charge is 2.38. The van der Waals surface area contributed by atoms with E-state index < -0.39 is 12.1 Å². The number of carboxylic acid groups (broad SMARTS) is 1. The molecule has 1 fully saturated rings. The van der Waals surface area contributed by atoms with Crippen molar-refractivity contribution >= 4 is 17.7 Å². The van der Waals surface area contributed by atoms with Crippen molar-refractivity contribution < 1.29 is 32.7 Å². The number of hydrogen-bond donors (Lipinski definition) is 2. The largest absolute Gasteiger partial charge is 0.490 e. The maximum absolute atomic E-state index is 12.5. The number of H-pyrrole nitrogens is 1. The third kappa shape index (κ3) is 8.61. The van der Waals surface area contributed by atoms with Gasteiger partial charge < -0.3 is 15.0 Å². The second kappa shape index (κ2) is 12.5. The van der Waals surface area contributed by atoms with Crippen molar-refractivity contribution in [1.82, 2.24) is 24.6 Å². The van der Waals surface area contributed by atoms with Crippen molar-refractivity contribution in [2.24, 2.45) is 13.0 Å². The minimum atomic E-state index is -5.08. The molecule has 0 spiro atoms. The normalized spacial score (nSPS) is 14.4. The van der Waals surface area contributed by atoms with Gasteiger partial charge in [0, 0.05) is 51.2 Å². The van der Waals surface area contributed by atoms with Gasteiger partial charge >= 0.3 is 12.1 Å². The molecule has 2 N–H and O–H groups in total. The van der Waals surface area contributed by atoms with E-state index in [1.165, 1.54) is 6.07 Å². The van der Waals surface area contributed by atoms with Gasteiger partial charge in [-0.3, -0.25) is 19.1 Å². The minimum Gasteiger partial charge on any atom is -0.475 e. The summed E-state index contributed by atoms with van der Waals surface area (Å²) in [5.74, 6) is -1.77. The predicted molar refractivity (Wildman–Crippen MR) is 122 cm³/mol. The Morgan fingerprint density at radius 1 is 1.22 bits per heavy atom. The second-order valence-corrected chi connectivity index (χ2v) is 8.85. The zero-order chi connectivity index (χ0) is 27.0. The molecular formula is C23H30F3N5O5. The van der Waals surface area contributed by atoms with E-state index in [0.29, 0.717) is 56.6 Å². The number of aromatic amines is 1. The number of rotatable bonds is 7. The molecule has 0 radical (unpaired) electrons. The van der Waals surface area contributed by atoms with Crippen LogP contribution in [0.2, 0.25) is 0 Å². The summed E-state index contributed by atoms with van der Waals surface area (Å²) in [5, 5.41) is 11.2. The summed E-state index contributed by atoms with van der Waals surface area (Å²) in [5.41, 5.74) is 1.27. The quantitative estimate of drug-likeness (QED) is 0.543. The summed E-state index contributed by atoms with van der Waals surface area (Å²) in [4.78, 5) is 54.8. The molecule has 0 atom stereocenters. The summed E-state index contributed by atoms with van der Waals surface area (Å²) < 4.78 is 33.4. The van der Waals surface area contributed by atoms with Gasteiger partial charge in [-0.15, -0.1) is 0 Å². The van der Waals surface area contributed by atoms with Crippen LogP contribution in [0.5, 0.6) is 0 Å². The fraction of sp³-hybridized carbons (Fsp3) is 0.565. The van der Waals surface area contributed by atoms with E-state index in [1.807, 2.05) is 18.7 Å². The molecule has 36 heavy (non-hydrogen) atoms. The fourth-order valence-corrected chi connectivity index (χ4v) is 3.68. The molecule has 1 aliphatic rings. The van der Waals surface area contributed by atoms with Crippen molar-refractivity contribution in [3.05, 3.63) is 45.9 Å². The third-order valence-corrected chi connectivity index (χ3v) is 5.66. The number of hydrogen-bond acceptors (Lipinski definition) is 6. The van der Waals surface area contributed by atoms with Crippen LogP contribution in [0.15, 0.2) is 23.3 Å². The van der Waals surface area contributed by atoms with Gasteiger partial charge in [-0.2, -0.15) is 18.3 Å². The number of halogens is 3. The topological polar surface area (TPSA) is 138 Å². The third-order valence-electron chi connectivity index (χ3n) is 5.66. The van der Waals surface area contributed by atoms with Crippen molar-refractivity contribution in [2.75, 3.05) is 13.1 Å². The number of amides is 1. The lowest BCUT2D eigenvalue weighted by molar-refractivity contribution is -0.192. The highest BCUT2D eigenvalue weighted by Crippen LogP contribution is 2.22. The molecule has 1 saturated heterocycles. The van der Waals surface area contributed by atoms with Gasteiger partial charge in [-0.25, -0.2) is 9.78 Å². The smallest absolute Gasteiger partial charge is 0.475 e. The number of nitrogens with zero attached hydrogens (tertiary/aromatic N) is 4. The van der Waals surface area contributed by atoms with Crippen molar-refractivity contribution in [3.8, 4) is 0 Å². The predicted octanol–water partition coefficient (Wildman–Crippen LogP) is 2.70. The van der Waals surface area contributed by atoms with Gasteiger partial charge in [0.2, 0.25) is 5.91 Å². The van der Waals surface area contributed by atoms with Crippen molar-refractivity contribution in [2.45, 2.75) is 58.0 Å². The zero-order valence-corrected chi connectivity index (χ0v) is 20.3. The molecule has 2 aromatic rings. The lowest BCUT2D eigenvalue weighted by atomic mass is 9.90. The van der Waals surface area contributed by atoms with E-state index in [9.17, 15) is 27.6 Å². The fourth-order valence-electron chi connectivity index (χ4n) is 3.68. The van der Waals surface area contributed by atoms with E-state index in [0.717, 1.165) is 5.69 Å². The first-order chi connectivity index (χ1) is 16.8. The number of aromatic nitrogens is 4. The molecule has 0 saturated carbocycles. The van der Waals surface area contributed by atoms with Crippen LogP contribution in [0.1, 0.15) is 67.3 Å². The van der Waals surface area contributed by atoms with Gasteiger partial charge in [0.15, 0.2) is 5.78 Å². The van der Waals surface area contributed by atoms with Crippen LogP contribution in [0, 0.1) is 5.92 Å². The molecule has 0 aliphatic carbocycles. The van der Waals surface area contributed by atoms with Crippen molar-refractivity contribution in [1.29, 1.82) is 0 Å². The number of piperidine rings is 1. The molecule has 2 aromatic heterocycles. The average molecular weight is 514 g/mol. The maximum atomic E-state index is 12.5. The Morgan fingerprint density at radius 2 is 1.83 bits per heavy atom. The molecular weight excluding hydrogens is 483 g/mol. The number of aryl methyl sites for hydroxylation is 2. The number of ketones is 1. The van der Waals surface area contributed by atoms with Crippen LogP contribution in [-0.4, -0.2) is 66.7 Å². The summed E-state index contributed by atoms with van der Waals surface area (Å²) in [6.07, 6.45) is 1.25. The van der Waals surface area contributed by atoms with Crippen LogP contribution in [0.3, 0.4) is 0 Å². The Balaban J connectivity index is 0.000000572. The molecule has 1 aliphatic heterocycles. The van der Waals surface area contributed by atoms with Gasteiger partial charge in [-0.1, -0.05) is 13.8 Å². The first-order valence-electron chi connectivity index (χ1n) is 11.5. The molecule has 0 aromatic carbocycles. The average Bonchev–Trinajstić information content (AvgIpc) is 3.24. The monoisotopic (exact) mass is 513 g/mol. The lowest BCUT2D eigenvalue weighted by Crippen LogP contribution is -2.40. The first kappa shape index (κ1) is 28.7. The molecule has 10 nitrogen and oxygen atoms in total. The molecule has 1 amide bonds. The number of nitrogens with one attached hydrogen (secondary N) is 1. The van der Waals surface area contributed by atoms with Crippen LogP contribution >= 0.6 is 0 Å². The number of carboxylic acids is 1. The molecule has 0 unspecified atom stereocenters. The molecule has 198 valence electrons. The Morgan fingerprint density at radius 3 is 2.33 bits per heavy atom. The highest BCUT2D eigenvalue weighted by molar-refractivity contribution is 5.97.